The van der Waals surface area contributed by atoms with E-state index in [0.29, 0.717) is 5.69 Å². The Hall–Kier alpha value is -1.85. The average molecular weight is 252 g/mol. The third-order valence-electron chi connectivity index (χ3n) is 2.72. The van der Waals surface area contributed by atoms with Crippen LogP contribution >= 0.6 is 0 Å². The molecule has 0 unspecified atom stereocenters. The van der Waals surface area contributed by atoms with Gasteiger partial charge in [0.05, 0.1) is 11.4 Å². The Bertz CT molecular complexity index is 475. The minimum atomic E-state index is -0.224. The summed E-state index contributed by atoms with van der Waals surface area (Å²) in [5, 5.41) is 6.92. The van der Waals surface area contributed by atoms with Gasteiger partial charge in [-0.15, -0.1) is 0 Å². The van der Waals surface area contributed by atoms with Crippen molar-refractivity contribution in [3.05, 3.63) is 11.4 Å². The molecule has 18 heavy (non-hydrogen) atoms. The molecule has 1 aromatic rings. The molecule has 0 bridgehead atoms. The van der Waals surface area contributed by atoms with Gasteiger partial charge in [-0.05, 0) is 6.92 Å². The Kier molecular flexibility index (Phi) is 4.11. The number of nitrogens with one attached hydrogen (secondary N) is 1. The Morgan fingerprint density at radius 1 is 1.33 bits per heavy atom. The number of aryl methyl sites for hydroxylation is 1. The van der Waals surface area contributed by atoms with Crippen LogP contribution in [-0.2, 0) is 11.8 Å². The van der Waals surface area contributed by atoms with Crippen molar-refractivity contribution in [2.24, 2.45) is 13.0 Å². The van der Waals surface area contributed by atoms with Crippen LogP contribution in [0, 0.1) is 12.8 Å². The fourth-order valence-electron chi connectivity index (χ4n) is 1.39. The van der Waals surface area contributed by atoms with Gasteiger partial charge in [-0.25, -0.2) is 0 Å². The summed E-state index contributed by atoms with van der Waals surface area (Å²) in [6.45, 7) is 5.42. The molecule has 0 aliphatic rings. The number of amides is 2. The van der Waals surface area contributed by atoms with Gasteiger partial charge in [0.25, 0.3) is 5.91 Å². The smallest absolute Gasteiger partial charge is 0.276 e. The van der Waals surface area contributed by atoms with E-state index < -0.39 is 0 Å². The Labute approximate surface area is 107 Å². The summed E-state index contributed by atoms with van der Waals surface area (Å²) in [6.07, 6.45) is 0. The number of aromatic nitrogens is 2. The number of anilines is 1. The lowest BCUT2D eigenvalue weighted by Crippen LogP contribution is -2.25. The summed E-state index contributed by atoms with van der Waals surface area (Å²) < 4.78 is 1.59. The maximum absolute atomic E-state index is 12.0. The van der Waals surface area contributed by atoms with Gasteiger partial charge in [0.15, 0.2) is 5.69 Å². The van der Waals surface area contributed by atoms with E-state index in [2.05, 4.69) is 10.4 Å². The molecular weight excluding hydrogens is 232 g/mol. The summed E-state index contributed by atoms with van der Waals surface area (Å²) in [7, 11) is 5.05. The Balaban J connectivity index is 3.17. The van der Waals surface area contributed by atoms with Gasteiger partial charge in [-0.2, -0.15) is 5.10 Å². The highest BCUT2D eigenvalue weighted by molar-refractivity contribution is 6.03. The molecule has 0 aliphatic heterocycles. The van der Waals surface area contributed by atoms with Crippen molar-refractivity contribution >= 4 is 17.5 Å². The molecule has 6 nitrogen and oxygen atoms in total. The van der Waals surface area contributed by atoms with Crippen molar-refractivity contribution < 1.29 is 9.59 Å². The molecule has 0 radical (unpaired) electrons. The summed E-state index contributed by atoms with van der Waals surface area (Å²) in [5.74, 6) is -0.497. The van der Waals surface area contributed by atoms with E-state index in [0.717, 1.165) is 5.69 Å². The molecule has 0 aromatic carbocycles. The quantitative estimate of drug-likeness (QED) is 0.873. The fourth-order valence-corrected chi connectivity index (χ4v) is 1.39. The highest BCUT2D eigenvalue weighted by atomic mass is 16.2. The van der Waals surface area contributed by atoms with Crippen molar-refractivity contribution in [1.82, 2.24) is 14.7 Å². The average Bonchev–Trinajstić information content (AvgIpc) is 2.55. The van der Waals surface area contributed by atoms with Gasteiger partial charge < -0.3 is 10.2 Å². The number of carbonyl (C=O) groups excluding carboxylic acids is 2. The van der Waals surface area contributed by atoms with Crippen LogP contribution in [0.4, 0.5) is 5.69 Å². The summed E-state index contributed by atoms with van der Waals surface area (Å²) >= 11 is 0. The molecule has 0 fully saturated rings. The van der Waals surface area contributed by atoms with Gasteiger partial charge in [0.1, 0.15) is 0 Å². The molecule has 6 heteroatoms. The van der Waals surface area contributed by atoms with Gasteiger partial charge in [0.2, 0.25) is 5.91 Å². The van der Waals surface area contributed by atoms with Crippen LogP contribution in [0.1, 0.15) is 30.0 Å². The molecule has 1 rings (SSSR count). The predicted octanol–water partition coefficient (Wildman–Crippen LogP) is 1.02. The van der Waals surface area contributed by atoms with E-state index in [1.165, 1.54) is 4.90 Å². The first kappa shape index (κ1) is 14.2. The second-order valence-corrected chi connectivity index (χ2v) is 4.78. The Morgan fingerprint density at radius 2 is 1.89 bits per heavy atom. The van der Waals surface area contributed by atoms with Crippen molar-refractivity contribution in [2.75, 3.05) is 19.4 Å². The van der Waals surface area contributed by atoms with Crippen molar-refractivity contribution in [3.63, 3.8) is 0 Å². The monoisotopic (exact) mass is 252 g/mol. The molecular formula is C12H20N4O2. The van der Waals surface area contributed by atoms with Crippen molar-refractivity contribution in [2.45, 2.75) is 20.8 Å². The molecule has 0 saturated carbocycles. The van der Waals surface area contributed by atoms with E-state index in [4.69, 9.17) is 0 Å². The van der Waals surface area contributed by atoms with Gasteiger partial charge in [0, 0.05) is 27.1 Å². The van der Waals surface area contributed by atoms with Gasteiger partial charge in [-0.3, -0.25) is 14.3 Å². The zero-order chi connectivity index (χ0) is 14.0. The lowest BCUT2D eigenvalue weighted by atomic mass is 10.2. The van der Waals surface area contributed by atoms with E-state index in [-0.39, 0.29) is 23.4 Å². The minimum Gasteiger partial charge on any atom is -0.343 e. The second kappa shape index (κ2) is 5.20. The molecule has 2 amide bonds. The van der Waals surface area contributed by atoms with E-state index in [1.807, 2.05) is 6.92 Å². The lowest BCUT2D eigenvalue weighted by Gasteiger charge is -2.11. The van der Waals surface area contributed by atoms with Crippen LogP contribution in [0.15, 0.2) is 0 Å². The van der Waals surface area contributed by atoms with Crippen LogP contribution in [0.3, 0.4) is 0 Å². The number of carbonyl (C=O) groups is 2. The molecule has 1 N–H and O–H groups in total. The normalized spacial score (nSPS) is 10.6. The van der Waals surface area contributed by atoms with Crippen LogP contribution in [0.5, 0.6) is 0 Å². The lowest BCUT2D eigenvalue weighted by molar-refractivity contribution is -0.118. The van der Waals surface area contributed by atoms with E-state index in [9.17, 15) is 9.59 Å². The first-order chi connectivity index (χ1) is 8.25. The second-order valence-electron chi connectivity index (χ2n) is 4.78. The Morgan fingerprint density at radius 3 is 2.33 bits per heavy atom. The molecule has 0 aliphatic carbocycles. The van der Waals surface area contributed by atoms with E-state index >= 15 is 0 Å². The topological polar surface area (TPSA) is 67.2 Å². The van der Waals surface area contributed by atoms with E-state index in [1.54, 1.807) is 39.7 Å². The zero-order valence-corrected chi connectivity index (χ0v) is 11.7. The number of hydrogen-bond donors (Lipinski definition) is 1. The number of rotatable bonds is 3. The highest BCUT2D eigenvalue weighted by Crippen LogP contribution is 2.21. The molecule has 1 aromatic heterocycles. The summed E-state index contributed by atoms with van der Waals surface area (Å²) in [4.78, 5) is 25.2. The van der Waals surface area contributed by atoms with Gasteiger partial charge in [-0.1, -0.05) is 13.8 Å². The third kappa shape index (κ3) is 2.69. The largest absolute Gasteiger partial charge is 0.343 e. The maximum Gasteiger partial charge on any atom is 0.276 e. The molecule has 0 spiro atoms. The number of hydrogen-bond acceptors (Lipinski definition) is 3. The highest BCUT2D eigenvalue weighted by Gasteiger charge is 2.23. The fraction of sp³-hybridized carbons (Fsp3) is 0.583. The van der Waals surface area contributed by atoms with Crippen molar-refractivity contribution in [1.29, 1.82) is 0 Å². The number of nitrogens with zero attached hydrogens (tertiary/aromatic N) is 3. The molecule has 0 saturated heterocycles. The summed E-state index contributed by atoms with van der Waals surface area (Å²) in [5.41, 5.74) is 1.53. The van der Waals surface area contributed by atoms with Gasteiger partial charge >= 0.3 is 0 Å². The van der Waals surface area contributed by atoms with Crippen LogP contribution in [-0.4, -0.2) is 40.6 Å². The van der Waals surface area contributed by atoms with Crippen LogP contribution < -0.4 is 5.32 Å². The summed E-state index contributed by atoms with van der Waals surface area (Å²) in [6, 6.07) is 0. The third-order valence-corrected chi connectivity index (χ3v) is 2.72. The maximum atomic E-state index is 12.0. The predicted molar refractivity (Wildman–Crippen MR) is 69.4 cm³/mol. The first-order valence-electron chi connectivity index (χ1n) is 5.81. The first-order valence-corrected chi connectivity index (χ1v) is 5.81. The van der Waals surface area contributed by atoms with Crippen molar-refractivity contribution in [3.8, 4) is 0 Å². The van der Waals surface area contributed by atoms with Crippen LogP contribution in [0.25, 0.3) is 0 Å². The molecule has 100 valence electrons. The standard InChI is InChI=1S/C12H20N4O2/c1-7(2)11(17)13-9-8(3)16(6)14-10(9)12(18)15(4)5/h7H,1-6H3,(H,13,17). The minimum absolute atomic E-state index is 0.126. The SMILES string of the molecule is Cc1c(NC(=O)C(C)C)c(C(=O)N(C)C)nn1C. The molecule has 0 atom stereocenters. The van der Waals surface area contributed by atoms with Crippen LogP contribution in [0.2, 0.25) is 0 Å². The molecule has 1 heterocycles. The zero-order valence-electron chi connectivity index (χ0n) is 11.7.